The van der Waals surface area contributed by atoms with E-state index in [2.05, 4.69) is 15.1 Å². The number of ketones is 1. The standard InChI is InChI=1S/C17H23N3O2/c1-13(21)14-4-6-15(7-5-14)18-17(22)12-19-9-10-20-8-2-3-16(20)11-19/h4-7,16H,2-3,8-12H2,1H3,(H,18,22). The number of fused-ring (bicyclic) bond motifs is 1. The molecule has 1 N–H and O–H groups in total. The van der Waals surface area contributed by atoms with Crippen LogP contribution in [0.2, 0.25) is 0 Å². The molecule has 0 saturated carbocycles. The first kappa shape index (κ1) is 15.2. The average molecular weight is 301 g/mol. The molecule has 2 aliphatic heterocycles. The Kier molecular flexibility index (Phi) is 4.55. The van der Waals surface area contributed by atoms with E-state index >= 15 is 0 Å². The Labute approximate surface area is 131 Å². The SMILES string of the molecule is CC(=O)c1ccc(NC(=O)CN2CCN3CCCC3C2)cc1. The Morgan fingerprint density at radius 3 is 2.68 bits per heavy atom. The molecule has 1 aromatic carbocycles. The Bertz CT molecular complexity index is 556. The third-order valence-corrected chi connectivity index (χ3v) is 4.61. The van der Waals surface area contributed by atoms with Crippen LogP contribution in [0.4, 0.5) is 5.69 Å². The van der Waals surface area contributed by atoms with Crippen molar-refractivity contribution in [3.05, 3.63) is 29.8 Å². The maximum absolute atomic E-state index is 12.2. The van der Waals surface area contributed by atoms with E-state index in [4.69, 9.17) is 0 Å². The molecule has 0 aromatic heterocycles. The van der Waals surface area contributed by atoms with Gasteiger partial charge in [-0.3, -0.25) is 19.4 Å². The molecule has 2 fully saturated rings. The molecule has 1 unspecified atom stereocenters. The molecule has 5 heteroatoms. The number of hydrogen-bond acceptors (Lipinski definition) is 4. The lowest BCUT2D eigenvalue weighted by molar-refractivity contribution is -0.117. The summed E-state index contributed by atoms with van der Waals surface area (Å²) >= 11 is 0. The Hall–Kier alpha value is -1.72. The van der Waals surface area contributed by atoms with Crippen molar-refractivity contribution in [3.63, 3.8) is 0 Å². The summed E-state index contributed by atoms with van der Waals surface area (Å²) in [5, 5.41) is 2.91. The van der Waals surface area contributed by atoms with Crippen LogP contribution in [0.15, 0.2) is 24.3 Å². The maximum Gasteiger partial charge on any atom is 0.238 e. The summed E-state index contributed by atoms with van der Waals surface area (Å²) in [7, 11) is 0. The molecule has 0 radical (unpaired) electrons. The smallest absolute Gasteiger partial charge is 0.238 e. The number of carbonyl (C=O) groups is 2. The monoisotopic (exact) mass is 301 g/mol. The van der Waals surface area contributed by atoms with Gasteiger partial charge in [-0.25, -0.2) is 0 Å². The predicted molar refractivity (Wildman–Crippen MR) is 86.1 cm³/mol. The second-order valence-corrected chi connectivity index (χ2v) is 6.25. The van der Waals surface area contributed by atoms with E-state index in [-0.39, 0.29) is 11.7 Å². The minimum atomic E-state index is 0.0158. The normalized spacial score (nSPS) is 22.3. The lowest BCUT2D eigenvalue weighted by Gasteiger charge is -2.37. The fourth-order valence-electron chi connectivity index (χ4n) is 3.39. The summed E-state index contributed by atoms with van der Waals surface area (Å²) in [6.07, 6.45) is 2.54. The second-order valence-electron chi connectivity index (χ2n) is 6.25. The van der Waals surface area contributed by atoms with Crippen LogP contribution in [0, 0.1) is 0 Å². The lowest BCUT2D eigenvalue weighted by atomic mass is 10.1. The number of carbonyl (C=O) groups excluding carboxylic acids is 2. The molecule has 0 aliphatic carbocycles. The average Bonchev–Trinajstić information content (AvgIpc) is 2.95. The van der Waals surface area contributed by atoms with Crippen LogP contribution >= 0.6 is 0 Å². The first-order valence-electron chi connectivity index (χ1n) is 7.99. The summed E-state index contributed by atoms with van der Waals surface area (Å²) in [4.78, 5) is 28.2. The highest BCUT2D eigenvalue weighted by molar-refractivity contribution is 5.96. The van der Waals surface area contributed by atoms with E-state index in [1.807, 2.05) is 0 Å². The van der Waals surface area contributed by atoms with Crippen LogP contribution in [0.3, 0.4) is 0 Å². The zero-order chi connectivity index (χ0) is 15.5. The van der Waals surface area contributed by atoms with Gasteiger partial charge in [0.25, 0.3) is 0 Å². The van der Waals surface area contributed by atoms with Gasteiger partial charge in [0.1, 0.15) is 0 Å². The van der Waals surface area contributed by atoms with Crippen LogP contribution in [0.1, 0.15) is 30.1 Å². The molecule has 2 saturated heterocycles. The first-order chi connectivity index (χ1) is 10.6. The van der Waals surface area contributed by atoms with Crippen LogP contribution in [-0.2, 0) is 4.79 Å². The molecule has 118 valence electrons. The molecule has 3 rings (SSSR count). The number of anilines is 1. The maximum atomic E-state index is 12.2. The van der Waals surface area contributed by atoms with E-state index in [0.717, 1.165) is 25.3 Å². The molecular formula is C17H23N3O2. The van der Waals surface area contributed by atoms with Crippen LogP contribution in [-0.4, -0.2) is 60.3 Å². The minimum Gasteiger partial charge on any atom is -0.325 e. The largest absolute Gasteiger partial charge is 0.325 e. The molecule has 0 bridgehead atoms. The molecular weight excluding hydrogens is 278 g/mol. The van der Waals surface area contributed by atoms with Gasteiger partial charge < -0.3 is 5.32 Å². The molecule has 2 heterocycles. The van der Waals surface area contributed by atoms with Crippen molar-refractivity contribution in [2.24, 2.45) is 0 Å². The topological polar surface area (TPSA) is 52.7 Å². The zero-order valence-corrected chi connectivity index (χ0v) is 13.0. The van der Waals surface area contributed by atoms with Crippen molar-refractivity contribution in [2.75, 3.05) is 38.0 Å². The molecule has 5 nitrogen and oxygen atoms in total. The highest BCUT2D eigenvalue weighted by Gasteiger charge is 2.30. The molecule has 1 amide bonds. The fraction of sp³-hybridized carbons (Fsp3) is 0.529. The van der Waals surface area contributed by atoms with Gasteiger partial charge in [-0.2, -0.15) is 0 Å². The number of piperazine rings is 1. The molecule has 22 heavy (non-hydrogen) atoms. The second kappa shape index (κ2) is 6.58. The van der Waals surface area contributed by atoms with Crippen molar-refractivity contribution in [3.8, 4) is 0 Å². The number of rotatable bonds is 4. The summed E-state index contributed by atoms with van der Waals surface area (Å²) in [5.74, 6) is 0.0503. The number of hydrogen-bond donors (Lipinski definition) is 1. The summed E-state index contributed by atoms with van der Waals surface area (Å²) in [6.45, 7) is 6.23. The summed E-state index contributed by atoms with van der Waals surface area (Å²) < 4.78 is 0. The van der Waals surface area contributed by atoms with Gasteiger partial charge in [-0.15, -0.1) is 0 Å². The predicted octanol–water partition coefficient (Wildman–Crippen LogP) is 1.61. The Balaban J connectivity index is 1.50. The summed E-state index contributed by atoms with van der Waals surface area (Å²) in [6, 6.07) is 7.69. The Morgan fingerprint density at radius 1 is 1.18 bits per heavy atom. The number of nitrogens with one attached hydrogen (secondary N) is 1. The van der Waals surface area contributed by atoms with E-state index in [9.17, 15) is 9.59 Å². The van der Waals surface area contributed by atoms with Gasteiger partial charge in [-0.05, 0) is 50.6 Å². The highest BCUT2D eigenvalue weighted by atomic mass is 16.2. The Morgan fingerprint density at radius 2 is 1.95 bits per heavy atom. The number of Topliss-reactive ketones (excluding diaryl/α,β-unsaturated/α-hetero) is 1. The minimum absolute atomic E-state index is 0.0158. The van der Waals surface area contributed by atoms with Crippen molar-refractivity contribution in [1.82, 2.24) is 9.80 Å². The van der Waals surface area contributed by atoms with Crippen molar-refractivity contribution in [2.45, 2.75) is 25.8 Å². The molecule has 0 spiro atoms. The van der Waals surface area contributed by atoms with E-state index in [1.54, 1.807) is 24.3 Å². The number of benzene rings is 1. The van der Waals surface area contributed by atoms with Gasteiger partial charge in [0.2, 0.25) is 5.91 Å². The van der Waals surface area contributed by atoms with Crippen LogP contribution < -0.4 is 5.32 Å². The van der Waals surface area contributed by atoms with Gasteiger partial charge >= 0.3 is 0 Å². The van der Waals surface area contributed by atoms with Crippen LogP contribution in [0.25, 0.3) is 0 Å². The van der Waals surface area contributed by atoms with Crippen molar-refractivity contribution >= 4 is 17.4 Å². The van der Waals surface area contributed by atoms with E-state index in [0.29, 0.717) is 18.2 Å². The number of amides is 1. The van der Waals surface area contributed by atoms with Gasteiger partial charge in [-0.1, -0.05) is 0 Å². The number of nitrogens with zero attached hydrogens (tertiary/aromatic N) is 2. The first-order valence-corrected chi connectivity index (χ1v) is 7.99. The van der Waals surface area contributed by atoms with E-state index < -0.39 is 0 Å². The van der Waals surface area contributed by atoms with Gasteiger partial charge in [0.15, 0.2) is 5.78 Å². The van der Waals surface area contributed by atoms with Crippen molar-refractivity contribution in [1.29, 1.82) is 0 Å². The van der Waals surface area contributed by atoms with Crippen LogP contribution in [0.5, 0.6) is 0 Å². The van der Waals surface area contributed by atoms with Gasteiger partial charge in [0.05, 0.1) is 6.54 Å². The lowest BCUT2D eigenvalue weighted by Crippen LogP contribution is -2.51. The summed E-state index contributed by atoms with van der Waals surface area (Å²) in [5.41, 5.74) is 1.41. The third kappa shape index (κ3) is 3.54. The van der Waals surface area contributed by atoms with E-state index in [1.165, 1.54) is 26.3 Å². The van der Waals surface area contributed by atoms with Crippen molar-refractivity contribution < 1.29 is 9.59 Å². The highest BCUT2D eigenvalue weighted by Crippen LogP contribution is 2.21. The fourth-order valence-corrected chi connectivity index (χ4v) is 3.39. The molecule has 1 aromatic rings. The zero-order valence-electron chi connectivity index (χ0n) is 13.0. The van der Waals surface area contributed by atoms with Gasteiger partial charge in [0, 0.05) is 36.9 Å². The molecule has 2 aliphatic rings. The quantitative estimate of drug-likeness (QED) is 0.859. The third-order valence-electron chi connectivity index (χ3n) is 4.61. The molecule has 1 atom stereocenters.